The van der Waals surface area contributed by atoms with Crippen molar-refractivity contribution in [3.8, 4) is 11.4 Å². The van der Waals surface area contributed by atoms with Crippen LogP contribution in [0.15, 0.2) is 51.9 Å². The highest BCUT2D eigenvalue weighted by molar-refractivity contribution is 7.90. The molecule has 11 heteroatoms. The molecule has 0 aliphatic heterocycles. The van der Waals surface area contributed by atoms with Gasteiger partial charge in [-0.15, -0.1) is 0 Å². The molecule has 0 bridgehead atoms. The predicted molar refractivity (Wildman–Crippen MR) is 114 cm³/mol. The second-order valence-electron chi connectivity index (χ2n) is 6.49. The highest BCUT2D eigenvalue weighted by Gasteiger charge is 2.14. The molecule has 0 fully saturated rings. The molecule has 2 heterocycles. The fraction of sp³-hybridized carbons (Fsp3) is 0.158. The molecule has 0 saturated carbocycles. The number of carbonyl (C=O) groups is 1. The number of amides is 1. The zero-order valence-electron chi connectivity index (χ0n) is 15.6. The van der Waals surface area contributed by atoms with Gasteiger partial charge in [-0.3, -0.25) is 4.79 Å². The van der Waals surface area contributed by atoms with E-state index < -0.39 is 9.84 Å². The molecule has 0 atom stereocenters. The first-order chi connectivity index (χ1) is 14.3. The summed E-state index contributed by atoms with van der Waals surface area (Å²) in [5.74, 6) is 0.510. The van der Waals surface area contributed by atoms with E-state index >= 15 is 0 Å². The predicted octanol–water partition coefficient (Wildman–Crippen LogP) is 3.97. The molecule has 2 aromatic heterocycles. The number of hydrogen-bond donors (Lipinski definition) is 1. The molecule has 0 aliphatic carbocycles. The van der Waals surface area contributed by atoms with Crippen LogP contribution in [0, 0.1) is 0 Å². The zero-order chi connectivity index (χ0) is 21.3. The summed E-state index contributed by atoms with van der Waals surface area (Å²) in [6.45, 7) is 0. The van der Waals surface area contributed by atoms with E-state index in [0.717, 1.165) is 11.8 Å². The Bertz CT molecular complexity index is 1330. The molecule has 1 N–H and O–H groups in total. The van der Waals surface area contributed by atoms with Crippen LogP contribution in [-0.4, -0.2) is 35.7 Å². The van der Waals surface area contributed by atoms with E-state index in [1.165, 1.54) is 17.4 Å². The van der Waals surface area contributed by atoms with Crippen molar-refractivity contribution in [1.29, 1.82) is 0 Å². The van der Waals surface area contributed by atoms with Gasteiger partial charge in [0.2, 0.25) is 17.6 Å². The van der Waals surface area contributed by atoms with E-state index in [9.17, 15) is 13.2 Å². The monoisotopic (exact) mass is 462 g/mol. The number of aromatic nitrogens is 3. The maximum atomic E-state index is 12.3. The number of fused-ring (bicyclic) bond motifs is 1. The van der Waals surface area contributed by atoms with Crippen molar-refractivity contribution in [1.82, 2.24) is 15.1 Å². The Kier molecular flexibility index (Phi) is 5.54. The normalized spacial score (nSPS) is 11.7. The highest BCUT2D eigenvalue weighted by atomic mass is 35.5. The van der Waals surface area contributed by atoms with Gasteiger partial charge in [0.1, 0.15) is 0 Å². The van der Waals surface area contributed by atoms with Crippen LogP contribution >= 0.6 is 22.9 Å². The molecule has 0 spiro atoms. The average molecular weight is 463 g/mol. The number of carbonyl (C=O) groups excluding carboxylic acids is 1. The number of halogens is 1. The van der Waals surface area contributed by atoms with Crippen LogP contribution in [0.25, 0.3) is 21.6 Å². The summed E-state index contributed by atoms with van der Waals surface area (Å²) >= 11 is 7.08. The molecule has 8 nitrogen and oxygen atoms in total. The fourth-order valence-electron chi connectivity index (χ4n) is 2.66. The summed E-state index contributed by atoms with van der Waals surface area (Å²) in [4.78, 5) is 21.1. The Balaban J connectivity index is 1.39. The molecule has 30 heavy (non-hydrogen) atoms. The number of benzene rings is 2. The molecule has 154 valence electrons. The number of rotatable bonds is 6. The summed E-state index contributed by atoms with van der Waals surface area (Å²) in [5.41, 5.74) is 1.38. The Hall–Kier alpha value is -2.82. The van der Waals surface area contributed by atoms with E-state index in [4.69, 9.17) is 16.1 Å². The quantitative estimate of drug-likeness (QED) is 0.460. The molecule has 0 radical (unpaired) electrons. The number of thiazole rings is 1. The van der Waals surface area contributed by atoms with E-state index in [0.29, 0.717) is 32.1 Å². The number of nitrogens with zero attached hydrogens (tertiary/aromatic N) is 3. The largest absolute Gasteiger partial charge is 0.339 e. The lowest BCUT2D eigenvalue weighted by molar-refractivity contribution is -0.116. The van der Waals surface area contributed by atoms with E-state index in [1.54, 1.807) is 36.4 Å². The first kappa shape index (κ1) is 20.5. The first-order valence-corrected chi connectivity index (χ1v) is 11.9. The van der Waals surface area contributed by atoms with E-state index in [-0.39, 0.29) is 23.6 Å². The van der Waals surface area contributed by atoms with Crippen LogP contribution in [-0.2, 0) is 21.1 Å². The molecule has 0 aliphatic rings. The van der Waals surface area contributed by atoms with Gasteiger partial charge in [-0.05, 0) is 42.5 Å². The van der Waals surface area contributed by atoms with Crippen LogP contribution in [0.1, 0.15) is 12.3 Å². The Labute approximate surface area is 180 Å². The number of sulfone groups is 1. The third-order valence-corrected chi connectivity index (χ3v) is 6.47. The second kappa shape index (κ2) is 8.13. The summed E-state index contributed by atoms with van der Waals surface area (Å²) < 4.78 is 29.2. The van der Waals surface area contributed by atoms with Crippen molar-refractivity contribution in [3.63, 3.8) is 0 Å². The lowest BCUT2D eigenvalue weighted by Crippen LogP contribution is -2.12. The summed E-state index contributed by atoms with van der Waals surface area (Å²) in [6.07, 6.45) is 1.55. The van der Waals surface area contributed by atoms with Crippen molar-refractivity contribution in [2.45, 2.75) is 17.7 Å². The SMILES string of the molecule is CS(=O)(=O)c1ccc2nc(NC(=O)CCc3nc(-c4ccc(Cl)cc4)no3)sc2c1. The molecule has 4 rings (SSSR count). The molecule has 0 unspecified atom stereocenters. The smallest absolute Gasteiger partial charge is 0.227 e. The number of nitrogens with one attached hydrogen (secondary N) is 1. The lowest BCUT2D eigenvalue weighted by atomic mass is 10.2. The third-order valence-electron chi connectivity index (χ3n) is 4.17. The molecule has 4 aromatic rings. The van der Waals surface area contributed by atoms with Gasteiger partial charge in [-0.1, -0.05) is 28.1 Å². The van der Waals surface area contributed by atoms with Crippen LogP contribution in [0.4, 0.5) is 5.13 Å². The van der Waals surface area contributed by atoms with Crippen LogP contribution in [0.2, 0.25) is 5.02 Å². The van der Waals surface area contributed by atoms with Gasteiger partial charge in [0.15, 0.2) is 15.0 Å². The van der Waals surface area contributed by atoms with Gasteiger partial charge >= 0.3 is 0 Å². The zero-order valence-corrected chi connectivity index (χ0v) is 18.0. The standard InChI is InChI=1S/C19H15ClN4O4S2/c1-30(26,27)13-6-7-14-15(10-13)29-19(21-14)22-16(25)8-9-17-23-18(24-28-17)11-2-4-12(20)5-3-11/h2-7,10H,8-9H2,1H3,(H,21,22,25). The minimum absolute atomic E-state index is 0.132. The van der Waals surface area contributed by atoms with Gasteiger partial charge in [-0.2, -0.15) is 4.98 Å². The van der Waals surface area contributed by atoms with Crippen molar-refractivity contribution < 1.29 is 17.7 Å². The van der Waals surface area contributed by atoms with Crippen molar-refractivity contribution >= 4 is 54.0 Å². The molecule has 1 amide bonds. The summed E-state index contributed by atoms with van der Waals surface area (Å²) in [5, 5.41) is 7.64. The van der Waals surface area contributed by atoms with Crippen LogP contribution in [0.3, 0.4) is 0 Å². The van der Waals surface area contributed by atoms with Gasteiger partial charge in [0.05, 0.1) is 15.1 Å². The Morgan fingerprint density at radius 1 is 1.17 bits per heavy atom. The fourth-order valence-corrected chi connectivity index (χ4v) is 4.43. The minimum atomic E-state index is -3.31. The lowest BCUT2D eigenvalue weighted by Gasteiger charge is -1.98. The molecule has 2 aromatic carbocycles. The third kappa shape index (κ3) is 4.66. The molecular weight excluding hydrogens is 448 g/mol. The maximum absolute atomic E-state index is 12.3. The van der Waals surface area contributed by atoms with E-state index in [1.807, 2.05) is 0 Å². The number of aryl methyl sites for hydroxylation is 1. The molecule has 0 saturated heterocycles. The van der Waals surface area contributed by atoms with Crippen LogP contribution < -0.4 is 5.32 Å². The van der Waals surface area contributed by atoms with E-state index in [2.05, 4.69) is 20.4 Å². The first-order valence-electron chi connectivity index (χ1n) is 8.77. The molecular formula is C19H15ClN4O4S2. The van der Waals surface area contributed by atoms with Gasteiger partial charge in [-0.25, -0.2) is 13.4 Å². The highest BCUT2D eigenvalue weighted by Crippen LogP contribution is 2.28. The van der Waals surface area contributed by atoms with Crippen LogP contribution in [0.5, 0.6) is 0 Å². The van der Waals surface area contributed by atoms with Gasteiger partial charge < -0.3 is 9.84 Å². The van der Waals surface area contributed by atoms with Crippen molar-refractivity contribution in [2.75, 3.05) is 11.6 Å². The average Bonchev–Trinajstić information content (AvgIpc) is 3.32. The Morgan fingerprint density at radius 3 is 2.67 bits per heavy atom. The van der Waals surface area contributed by atoms with Gasteiger partial charge in [0, 0.05) is 29.7 Å². The maximum Gasteiger partial charge on any atom is 0.227 e. The second-order valence-corrected chi connectivity index (χ2v) is 9.97. The Morgan fingerprint density at radius 2 is 1.93 bits per heavy atom. The van der Waals surface area contributed by atoms with Crippen molar-refractivity contribution in [2.24, 2.45) is 0 Å². The van der Waals surface area contributed by atoms with Crippen molar-refractivity contribution in [3.05, 3.63) is 53.4 Å². The number of hydrogen-bond acceptors (Lipinski definition) is 8. The summed E-state index contributed by atoms with van der Waals surface area (Å²) in [7, 11) is -3.31. The number of anilines is 1. The summed E-state index contributed by atoms with van der Waals surface area (Å²) in [6, 6.07) is 11.7. The van der Waals surface area contributed by atoms with Gasteiger partial charge in [0.25, 0.3) is 0 Å². The topological polar surface area (TPSA) is 115 Å². The minimum Gasteiger partial charge on any atom is -0.339 e.